The first kappa shape index (κ1) is 12.8. The summed E-state index contributed by atoms with van der Waals surface area (Å²) in [7, 11) is 0. The number of halogens is 1. The molecule has 1 heterocycles. The average Bonchev–Trinajstić information content (AvgIpc) is 2.82. The van der Waals surface area contributed by atoms with Crippen molar-refractivity contribution in [2.45, 2.75) is 13.8 Å². The molecule has 0 aliphatic rings. The van der Waals surface area contributed by atoms with E-state index >= 15 is 0 Å². The molecule has 0 aliphatic heterocycles. The summed E-state index contributed by atoms with van der Waals surface area (Å²) >= 11 is 3.45. The molecule has 0 atom stereocenters. The van der Waals surface area contributed by atoms with E-state index < -0.39 is 5.97 Å². The fourth-order valence-corrected chi connectivity index (χ4v) is 1.79. The Morgan fingerprint density at radius 3 is 2.94 bits per heavy atom. The SMILES string of the molecule is CCOC(=O)c1nc(-c2ccc(C)c(Br)c2)n[nH]1. The molecule has 0 radical (unpaired) electrons. The quantitative estimate of drug-likeness (QED) is 0.885. The van der Waals surface area contributed by atoms with Gasteiger partial charge in [-0.2, -0.15) is 5.10 Å². The van der Waals surface area contributed by atoms with Crippen molar-refractivity contribution in [3.63, 3.8) is 0 Å². The molecular weight excluding hydrogens is 298 g/mol. The zero-order valence-electron chi connectivity index (χ0n) is 10.0. The monoisotopic (exact) mass is 309 g/mol. The van der Waals surface area contributed by atoms with Gasteiger partial charge in [-0.25, -0.2) is 9.78 Å². The van der Waals surface area contributed by atoms with Crippen LogP contribution in [0.1, 0.15) is 23.1 Å². The lowest BCUT2D eigenvalue weighted by molar-refractivity contribution is 0.0512. The van der Waals surface area contributed by atoms with E-state index in [0.29, 0.717) is 12.4 Å². The van der Waals surface area contributed by atoms with Crippen molar-refractivity contribution in [2.75, 3.05) is 6.61 Å². The van der Waals surface area contributed by atoms with Crippen molar-refractivity contribution in [1.82, 2.24) is 15.2 Å². The predicted molar refractivity (Wildman–Crippen MR) is 70.2 cm³/mol. The molecule has 0 unspecified atom stereocenters. The maximum Gasteiger partial charge on any atom is 0.375 e. The normalized spacial score (nSPS) is 10.4. The van der Waals surface area contributed by atoms with Gasteiger partial charge in [0.1, 0.15) is 0 Å². The Morgan fingerprint density at radius 2 is 2.28 bits per heavy atom. The van der Waals surface area contributed by atoms with Gasteiger partial charge < -0.3 is 4.74 Å². The first-order chi connectivity index (χ1) is 8.61. The third-order valence-corrected chi connectivity index (χ3v) is 3.24. The maximum atomic E-state index is 11.4. The summed E-state index contributed by atoms with van der Waals surface area (Å²) in [6.45, 7) is 4.05. The zero-order valence-corrected chi connectivity index (χ0v) is 11.6. The highest BCUT2D eigenvalue weighted by Crippen LogP contribution is 2.23. The highest BCUT2D eigenvalue weighted by molar-refractivity contribution is 9.10. The van der Waals surface area contributed by atoms with Crippen LogP contribution in [0.2, 0.25) is 0 Å². The number of aryl methyl sites for hydroxylation is 1. The third kappa shape index (κ3) is 2.59. The summed E-state index contributed by atoms with van der Waals surface area (Å²) < 4.78 is 5.81. The van der Waals surface area contributed by atoms with Crippen molar-refractivity contribution in [3.05, 3.63) is 34.1 Å². The Balaban J connectivity index is 2.29. The topological polar surface area (TPSA) is 67.9 Å². The molecular formula is C12H12BrN3O2. The first-order valence-electron chi connectivity index (χ1n) is 5.48. The van der Waals surface area contributed by atoms with E-state index in [1.165, 1.54) is 0 Å². The van der Waals surface area contributed by atoms with Gasteiger partial charge in [0.15, 0.2) is 5.82 Å². The molecule has 18 heavy (non-hydrogen) atoms. The van der Waals surface area contributed by atoms with Crippen LogP contribution in [0.5, 0.6) is 0 Å². The van der Waals surface area contributed by atoms with E-state index in [-0.39, 0.29) is 5.82 Å². The Morgan fingerprint density at radius 1 is 1.50 bits per heavy atom. The molecule has 2 aromatic rings. The number of rotatable bonds is 3. The lowest BCUT2D eigenvalue weighted by Gasteiger charge is -1.99. The molecule has 6 heteroatoms. The molecule has 0 bridgehead atoms. The number of carbonyl (C=O) groups is 1. The van der Waals surface area contributed by atoms with Crippen LogP contribution in [0.15, 0.2) is 22.7 Å². The molecule has 2 rings (SSSR count). The van der Waals surface area contributed by atoms with Gasteiger partial charge in [0.05, 0.1) is 6.61 Å². The Labute approximate surface area is 113 Å². The van der Waals surface area contributed by atoms with E-state index in [4.69, 9.17) is 4.74 Å². The van der Waals surface area contributed by atoms with E-state index in [1.807, 2.05) is 25.1 Å². The minimum Gasteiger partial charge on any atom is -0.460 e. The van der Waals surface area contributed by atoms with Crippen LogP contribution in [-0.2, 0) is 4.74 Å². The molecule has 1 aromatic heterocycles. The number of esters is 1. The van der Waals surface area contributed by atoms with Gasteiger partial charge in [0.25, 0.3) is 0 Å². The minimum atomic E-state index is -0.498. The van der Waals surface area contributed by atoms with E-state index in [9.17, 15) is 4.79 Å². The summed E-state index contributed by atoms with van der Waals surface area (Å²) in [6.07, 6.45) is 0. The first-order valence-corrected chi connectivity index (χ1v) is 6.27. The van der Waals surface area contributed by atoms with Crippen molar-refractivity contribution < 1.29 is 9.53 Å². The van der Waals surface area contributed by atoms with Gasteiger partial charge in [-0.1, -0.05) is 28.1 Å². The summed E-state index contributed by atoms with van der Waals surface area (Å²) in [5.74, 6) is 0.0877. The van der Waals surface area contributed by atoms with Crippen LogP contribution in [0.4, 0.5) is 0 Å². The average molecular weight is 310 g/mol. The van der Waals surface area contributed by atoms with Crippen LogP contribution in [0, 0.1) is 6.92 Å². The molecule has 0 saturated heterocycles. The molecule has 5 nitrogen and oxygen atoms in total. The maximum absolute atomic E-state index is 11.4. The van der Waals surface area contributed by atoms with Crippen molar-refractivity contribution >= 4 is 21.9 Å². The number of hydrogen-bond donors (Lipinski definition) is 1. The number of aromatic nitrogens is 3. The number of hydrogen-bond acceptors (Lipinski definition) is 4. The lowest BCUT2D eigenvalue weighted by atomic mass is 10.1. The molecule has 0 fully saturated rings. The van der Waals surface area contributed by atoms with Crippen LogP contribution < -0.4 is 0 Å². The molecule has 0 amide bonds. The van der Waals surface area contributed by atoms with Crippen LogP contribution >= 0.6 is 15.9 Å². The lowest BCUT2D eigenvalue weighted by Crippen LogP contribution is -2.06. The standard InChI is InChI=1S/C12H12BrN3O2/c1-3-18-12(17)11-14-10(15-16-11)8-5-4-7(2)9(13)6-8/h4-6H,3H2,1-2H3,(H,14,15,16). The fraction of sp³-hybridized carbons (Fsp3) is 0.250. The van der Waals surface area contributed by atoms with Crippen LogP contribution in [-0.4, -0.2) is 27.8 Å². The van der Waals surface area contributed by atoms with Crippen molar-refractivity contribution in [1.29, 1.82) is 0 Å². The Bertz CT molecular complexity index is 580. The van der Waals surface area contributed by atoms with E-state index in [1.54, 1.807) is 6.92 Å². The van der Waals surface area contributed by atoms with Gasteiger partial charge in [-0.15, -0.1) is 0 Å². The van der Waals surface area contributed by atoms with Crippen molar-refractivity contribution in [2.24, 2.45) is 0 Å². The van der Waals surface area contributed by atoms with Gasteiger partial charge in [-0.05, 0) is 25.5 Å². The Kier molecular flexibility index (Phi) is 3.76. The van der Waals surface area contributed by atoms with E-state index in [2.05, 4.69) is 31.1 Å². The van der Waals surface area contributed by atoms with Crippen LogP contribution in [0.25, 0.3) is 11.4 Å². The number of benzene rings is 1. The van der Waals surface area contributed by atoms with Crippen molar-refractivity contribution in [3.8, 4) is 11.4 Å². The second kappa shape index (κ2) is 5.30. The minimum absolute atomic E-state index is 0.114. The highest BCUT2D eigenvalue weighted by Gasteiger charge is 2.14. The third-order valence-electron chi connectivity index (χ3n) is 2.38. The molecule has 0 saturated carbocycles. The highest BCUT2D eigenvalue weighted by atomic mass is 79.9. The number of carbonyl (C=O) groups excluding carboxylic acids is 1. The smallest absolute Gasteiger partial charge is 0.375 e. The van der Waals surface area contributed by atoms with E-state index in [0.717, 1.165) is 15.6 Å². The number of nitrogens with one attached hydrogen (secondary N) is 1. The fourth-order valence-electron chi connectivity index (χ4n) is 1.41. The molecule has 0 spiro atoms. The predicted octanol–water partition coefficient (Wildman–Crippen LogP) is 2.72. The second-order valence-corrected chi connectivity index (χ2v) is 4.55. The summed E-state index contributed by atoms with van der Waals surface area (Å²) in [5.41, 5.74) is 1.96. The molecule has 1 aromatic carbocycles. The Hall–Kier alpha value is -1.69. The summed E-state index contributed by atoms with van der Waals surface area (Å²) in [4.78, 5) is 15.6. The number of ether oxygens (including phenoxy) is 1. The number of aromatic amines is 1. The second-order valence-electron chi connectivity index (χ2n) is 3.69. The number of nitrogens with zero attached hydrogens (tertiary/aromatic N) is 2. The number of H-pyrrole nitrogens is 1. The largest absolute Gasteiger partial charge is 0.460 e. The molecule has 0 aliphatic carbocycles. The van der Waals surface area contributed by atoms with Gasteiger partial charge >= 0.3 is 5.97 Å². The van der Waals surface area contributed by atoms with Gasteiger partial charge in [0.2, 0.25) is 5.82 Å². The summed E-state index contributed by atoms with van der Waals surface area (Å²) in [5, 5.41) is 6.57. The van der Waals surface area contributed by atoms with Gasteiger partial charge in [-0.3, -0.25) is 5.10 Å². The zero-order chi connectivity index (χ0) is 13.1. The molecule has 1 N–H and O–H groups in total. The van der Waals surface area contributed by atoms with Gasteiger partial charge in [0, 0.05) is 10.0 Å². The summed E-state index contributed by atoms with van der Waals surface area (Å²) in [6, 6.07) is 5.77. The molecule has 94 valence electrons. The van der Waals surface area contributed by atoms with Crippen LogP contribution in [0.3, 0.4) is 0 Å².